The van der Waals surface area contributed by atoms with Crippen LogP contribution in [0.2, 0.25) is 0 Å². The van der Waals surface area contributed by atoms with Gasteiger partial charge in [0.2, 0.25) is 5.95 Å². The molecule has 2 heterocycles. The third-order valence-electron chi connectivity index (χ3n) is 3.91. The van der Waals surface area contributed by atoms with Gasteiger partial charge in [0.1, 0.15) is 22.7 Å². The predicted molar refractivity (Wildman–Crippen MR) is 97.0 cm³/mol. The molecule has 2 aromatic carbocycles. The quantitative estimate of drug-likeness (QED) is 0.620. The number of nitrogens with two attached hydrogens (primary N) is 1. The van der Waals surface area contributed by atoms with Gasteiger partial charge in [0.05, 0.1) is 7.11 Å². The Balaban J connectivity index is 1.98. The SMILES string of the molecule is COc1cc(-c2nnc(N)nc2-c2ccccc2)cc2cccnc12. The summed E-state index contributed by atoms with van der Waals surface area (Å²) in [5, 5.41) is 9.18. The Kier molecular flexibility index (Phi) is 3.70. The molecule has 0 amide bonds. The number of hydrogen-bond donors (Lipinski definition) is 1. The first-order valence-electron chi connectivity index (χ1n) is 7.75. The normalized spacial score (nSPS) is 10.8. The second-order valence-corrected chi connectivity index (χ2v) is 5.49. The minimum atomic E-state index is 0.136. The van der Waals surface area contributed by atoms with Crippen LogP contribution in [0.3, 0.4) is 0 Å². The molecule has 6 heteroatoms. The third-order valence-corrected chi connectivity index (χ3v) is 3.91. The number of methoxy groups -OCH3 is 1. The third kappa shape index (κ3) is 2.74. The Bertz CT molecular complexity index is 1050. The molecule has 0 saturated heterocycles. The second kappa shape index (κ2) is 6.16. The summed E-state index contributed by atoms with van der Waals surface area (Å²) in [5.41, 5.74) is 9.65. The molecule has 0 aliphatic carbocycles. The Morgan fingerprint density at radius 1 is 0.880 bits per heavy atom. The van der Waals surface area contributed by atoms with E-state index in [1.807, 2.05) is 54.6 Å². The summed E-state index contributed by atoms with van der Waals surface area (Å²) >= 11 is 0. The number of aromatic nitrogens is 4. The lowest BCUT2D eigenvalue weighted by molar-refractivity contribution is 0.419. The lowest BCUT2D eigenvalue weighted by atomic mass is 10.0. The van der Waals surface area contributed by atoms with Crippen LogP contribution in [0, 0.1) is 0 Å². The maximum atomic E-state index is 5.77. The van der Waals surface area contributed by atoms with Crippen LogP contribution in [0.1, 0.15) is 0 Å². The molecule has 25 heavy (non-hydrogen) atoms. The van der Waals surface area contributed by atoms with E-state index in [9.17, 15) is 0 Å². The Morgan fingerprint density at radius 2 is 1.72 bits per heavy atom. The van der Waals surface area contributed by atoms with E-state index in [4.69, 9.17) is 10.5 Å². The minimum absolute atomic E-state index is 0.136. The highest BCUT2D eigenvalue weighted by Crippen LogP contribution is 2.34. The molecule has 2 N–H and O–H groups in total. The zero-order valence-electron chi connectivity index (χ0n) is 13.5. The van der Waals surface area contributed by atoms with Gasteiger partial charge in [-0.1, -0.05) is 36.4 Å². The highest BCUT2D eigenvalue weighted by Gasteiger charge is 2.15. The molecule has 4 rings (SSSR count). The topological polar surface area (TPSA) is 86.8 Å². The van der Waals surface area contributed by atoms with Gasteiger partial charge in [0.15, 0.2) is 0 Å². The van der Waals surface area contributed by atoms with E-state index in [0.717, 1.165) is 22.0 Å². The summed E-state index contributed by atoms with van der Waals surface area (Å²) in [4.78, 5) is 8.79. The van der Waals surface area contributed by atoms with Gasteiger partial charge < -0.3 is 10.5 Å². The average molecular weight is 329 g/mol. The van der Waals surface area contributed by atoms with E-state index >= 15 is 0 Å². The van der Waals surface area contributed by atoms with Gasteiger partial charge in [0.25, 0.3) is 0 Å². The van der Waals surface area contributed by atoms with Crippen molar-refractivity contribution in [3.8, 4) is 28.3 Å². The molecule has 0 aliphatic rings. The smallest absolute Gasteiger partial charge is 0.240 e. The molecule has 2 aromatic heterocycles. The summed E-state index contributed by atoms with van der Waals surface area (Å²) in [6.07, 6.45) is 1.74. The van der Waals surface area contributed by atoms with Crippen LogP contribution in [-0.4, -0.2) is 27.3 Å². The zero-order valence-corrected chi connectivity index (χ0v) is 13.5. The number of anilines is 1. The molecule has 0 spiro atoms. The molecular weight excluding hydrogens is 314 g/mol. The maximum Gasteiger partial charge on any atom is 0.240 e. The largest absolute Gasteiger partial charge is 0.494 e. The molecule has 0 saturated carbocycles. The number of ether oxygens (including phenoxy) is 1. The Hall–Kier alpha value is -3.54. The lowest BCUT2D eigenvalue weighted by Crippen LogP contribution is -2.02. The number of rotatable bonds is 3. The molecule has 4 aromatic rings. The van der Waals surface area contributed by atoms with Crippen molar-refractivity contribution in [3.05, 3.63) is 60.8 Å². The van der Waals surface area contributed by atoms with Gasteiger partial charge in [-0.2, -0.15) is 0 Å². The van der Waals surface area contributed by atoms with Crippen molar-refractivity contribution in [1.29, 1.82) is 0 Å². The van der Waals surface area contributed by atoms with Crippen LogP contribution in [0.25, 0.3) is 33.4 Å². The first kappa shape index (κ1) is 15.0. The van der Waals surface area contributed by atoms with Gasteiger partial charge in [-0.15, -0.1) is 10.2 Å². The van der Waals surface area contributed by atoms with Gasteiger partial charge in [-0.25, -0.2) is 4.98 Å². The molecule has 122 valence electrons. The van der Waals surface area contributed by atoms with Crippen LogP contribution in [0.15, 0.2) is 60.8 Å². The van der Waals surface area contributed by atoms with Crippen LogP contribution in [0.5, 0.6) is 5.75 Å². The van der Waals surface area contributed by atoms with Crippen LogP contribution in [0.4, 0.5) is 5.95 Å². The second-order valence-electron chi connectivity index (χ2n) is 5.49. The van der Waals surface area contributed by atoms with Crippen molar-refractivity contribution in [3.63, 3.8) is 0 Å². The predicted octanol–water partition coefficient (Wildman–Crippen LogP) is 3.34. The molecule has 0 unspecified atom stereocenters. The van der Waals surface area contributed by atoms with Crippen LogP contribution >= 0.6 is 0 Å². The van der Waals surface area contributed by atoms with Crippen LogP contribution in [-0.2, 0) is 0 Å². The number of benzene rings is 2. The lowest BCUT2D eigenvalue weighted by Gasteiger charge is -2.11. The minimum Gasteiger partial charge on any atom is -0.494 e. The fourth-order valence-corrected chi connectivity index (χ4v) is 2.78. The Morgan fingerprint density at radius 3 is 2.52 bits per heavy atom. The van der Waals surface area contributed by atoms with Gasteiger partial charge in [-0.05, 0) is 18.2 Å². The van der Waals surface area contributed by atoms with Crippen LogP contribution < -0.4 is 10.5 Å². The van der Waals surface area contributed by atoms with E-state index < -0.39 is 0 Å². The van der Waals surface area contributed by atoms with Crippen molar-refractivity contribution in [2.75, 3.05) is 12.8 Å². The summed E-state index contributed by atoms with van der Waals surface area (Å²) in [7, 11) is 1.62. The van der Waals surface area contributed by atoms with Crippen molar-refractivity contribution < 1.29 is 4.74 Å². The molecular formula is C19H15N5O. The van der Waals surface area contributed by atoms with Gasteiger partial charge in [0, 0.05) is 22.7 Å². The zero-order chi connectivity index (χ0) is 17.2. The van der Waals surface area contributed by atoms with Gasteiger partial charge in [-0.3, -0.25) is 4.98 Å². The first-order valence-corrected chi connectivity index (χ1v) is 7.75. The molecule has 6 nitrogen and oxygen atoms in total. The van der Waals surface area contributed by atoms with Crippen molar-refractivity contribution in [1.82, 2.24) is 20.2 Å². The summed E-state index contributed by atoms with van der Waals surface area (Å²) < 4.78 is 5.50. The van der Waals surface area contributed by atoms with Crippen molar-refractivity contribution in [2.45, 2.75) is 0 Å². The van der Waals surface area contributed by atoms with E-state index in [-0.39, 0.29) is 5.95 Å². The summed E-state index contributed by atoms with van der Waals surface area (Å²) in [5.74, 6) is 0.808. The van der Waals surface area contributed by atoms with E-state index in [1.165, 1.54) is 0 Å². The van der Waals surface area contributed by atoms with Crippen molar-refractivity contribution >= 4 is 16.9 Å². The maximum absolute atomic E-state index is 5.77. The van der Waals surface area contributed by atoms with E-state index in [0.29, 0.717) is 17.1 Å². The standard InChI is InChI=1S/C19H15N5O/c1-25-15-11-14(10-13-8-5-9-21-16(13)15)18-17(22-19(20)24-23-18)12-6-3-2-4-7-12/h2-11H,1H3,(H2,20,22,24). The van der Waals surface area contributed by atoms with E-state index in [1.54, 1.807) is 13.3 Å². The van der Waals surface area contributed by atoms with E-state index in [2.05, 4.69) is 20.2 Å². The number of pyridine rings is 1. The number of nitrogens with zero attached hydrogens (tertiary/aromatic N) is 4. The molecule has 0 radical (unpaired) electrons. The average Bonchev–Trinajstić information content (AvgIpc) is 2.67. The number of nitrogen functional groups attached to an aromatic ring is 1. The highest BCUT2D eigenvalue weighted by atomic mass is 16.5. The number of hydrogen-bond acceptors (Lipinski definition) is 6. The molecule has 0 aliphatic heterocycles. The Labute approximate surface area is 144 Å². The molecule has 0 bridgehead atoms. The molecule has 0 fully saturated rings. The monoisotopic (exact) mass is 329 g/mol. The molecule has 0 atom stereocenters. The van der Waals surface area contributed by atoms with Gasteiger partial charge >= 0.3 is 0 Å². The number of fused-ring (bicyclic) bond motifs is 1. The fourth-order valence-electron chi connectivity index (χ4n) is 2.78. The highest BCUT2D eigenvalue weighted by molar-refractivity contribution is 5.91. The van der Waals surface area contributed by atoms with Crippen molar-refractivity contribution in [2.24, 2.45) is 0 Å². The first-order chi connectivity index (χ1) is 12.3. The fraction of sp³-hybridized carbons (Fsp3) is 0.0526. The summed E-state index contributed by atoms with van der Waals surface area (Å²) in [6.45, 7) is 0. The summed E-state index contributed by atoms with van der Waals surface area (Å²) in [6, 6.07) is 17.5.